The summed E-state index contributed by atoms with van der Waals surface area (Å²) in [4.78, 5) is 30.3. The Morgan fingerprint density at radius 3 is 2.39 bits per heavy atom. The number of amides is 1. The molecule has 8 heteroatoms. The molecule has 0 aliphatic carbocycles. The maximum atomic E-state index is 13.4. The largest absolute Gasteiger partial charge is 0.507 e. The quantitative estimate of drug-likeness (QED) is 0.343. The number of nitrogens with zero attached hydrogens (tertiary/aromatic N) is 2. The highest BCUT2D eigenvalue weighted by Crippen LogP contribution is 2.45. The van der Waals surface area contributed by atoms with Gasteiger partial charge in [-0.3, -0.25) is 14.5 Å². The number of hydrogen-bond donors (Lipinski definition) is 1. The molecule has 1 amide bonds. The molecular formula is C28H24N2O6. The highest BCUT2D eigenvalue weighted by Gasteiger charge is 2.47. The number of likely N-dealkylation sites (N-methyl/N-ethyl adjacent to an activating group) is 1. The van der Waals surface area contributed by atoms with Gasteiger partial charge in [0.2, 0.25) is 0 Å². The predicted molar refractivity (Wildman–Crippen MR) is 134 cm³/mol. The first-order valence-electron chi connectivity index (χ1n) is 11.8. The van der Waals surface area contributed by atoms with Crippen molar-refractivity contribution >= 4 is 28.8 Å². The van der Waals surface area contributed by atoms with Gasteiger partial charge in [-0.1, -0.05) is 30.3 Å². The molecule has 0 spiro atoms. The van der Waals surface area contributed by atoms with E-state index in [9.17, 15) is 14.7 Å². The van der Waals surface area contributed by atoms with Crippen LogP contribution in [0.3, 0.4) is 0 Å². The summed E-state index contributed by atoms with van der Waals surface area (Å²) in [5.41, 5.74) is 2.45. The first-order valence-corrected chi connectivity index (χ1v) is 11.8. The smallest absolute Gasteiger partial charge is 0.300 e. The molecule has 36 heavy (non-hydrogen) atoms. The number of carbonyl (C=O) groups is 2. The normalized spacial score (nSPS) is 20.2. The lowest BCUT2D eigenvalue weighted by Gasteiger charge is -2.28. The molecule has 0 bridgehead atoms. The second-order valence-electron chi connectivity index (χ2n) is 8.86. The maximum Gasteiger partial charge on any atom is 0.300 e. The van der Waals surface area contributed by atoms with Gasteiger partial charge in [-0.2, -0.15) is 0 Å². The van der Waals surface area contributed by atoms with E-state index in [2.05, 4.69) is 0 Å². The predicted octanol–water partition coefficient (Wildman–Crippen LogP) is 3.91. The lowest BCUT2D eigenvalue weighted by molar-refractivity contribution is -0.132. The van der Waals surface area contributed by atoms with Crippen molar-refractivity contribution in [3.8, 4) is 17.2 Å². The van der Waals surface area contributed by atoms with Gasteiger partial charge >= 0.3 is 0 Å². The number of Topliss-reactive ketones (excluding diaryl/α,β-unsaturated/α-hetero) is 1. The summed E-state index contributed by atoms with van der Waals surface area (Å²) in [5.74, 6) is 0.0862. The van der Waals surface area contributed by atoms with E-state index in [1.165, 1.54) is 4.90 Å². The van der Waals surface area contributed by atoms with Crippen molar-refractivity contribution in [2.75, 3.05) is 43.2 Å². The van der Waals surface area contributed by atoms with Gasteiger partial charge in [-0.05, 0) is 35.9 Å². The van der Waals surface area contributed by atoms with Crippen LogP contribution in [0.4, 0.5) is 11.4 Å². The van der Waals surface area contributed by atoms with Crippen LogP contribution >= 0.6 is 0 Å². The van der Waals surface area contributed by atoms with E-state index in [1.54, 1.807) is 36.4 Å². The first kappa shape index (κ1) is 22.0. The summed E-state index contributed by atoms with van der Waals surface area (Å²) < 4.78 is 17.0. The number of carbonyl (C=O) groups excluding carboxylic acids is 2. The number of fused-ring (bicyclic) bond motifs is 2. The van der Waals surface area contributed by atoms with Crippen LogP contribution < -0.4 is 24.0 Å². The average Bonchev–Trinajstić information content (AvgIpc) is 3.18. The van der Waals surface area contributed by atoms with Crippen LogP contribution in [0, 0.1) is 0 Å². The van der Waals surface area contributed by atoms with Gasteiger partial charge < -0.3 is 24.2 Å². The zero-order valence-electron chi connectivity index (χ0n) is 19.6. The average molecular weight is 485 g/mol. The molecular weight excluding hydrogens is 460 g/mol. The van der Waals surface area contributed by atoms with Crippen LogP contribution in [0.1, 0.15) is 17.2 Å². The highest BCUT2D eigenvalue weighted by molar-refractivity contribution is 6.51. The summed E-state index contributed by atoms with van der Waals surface area (Å²) >= 11 is 0. The molecule has 8 nitrogen and oxygen atoms in total. The van der Waals surface area contributed by atoms with Crippen molar-refractivity contribution in [1.29, 1.82) is 0 Å². The number of rotatable bonds is 3. The number of benzene rings is 3. The zero-order valence-corrected chi connectivity index (χ0v) is 19.6. The minimum atomic E-state index is -0.821. The Labute approximate surface area is 207 Å². The molecule has 1 unspecified atom stereocenters. The van der Waals surface area contributed by atoms with Gasteiger partial charge in [-0.25, -0.2) is 0 Å². The van der Waals surface area contributed by atoms with Gasteiger partial charge in [0.25, 0.3) is 11.7 Å². The number of aliphatic hydroxyl groups is 1. The van der Waals surface area contributed by atoms with Crippen molar-refractivity contribution in [2.24, 2.45) is 0 Å². The van der Waals surface area contributed by atoms with E-state index in [0.29, 0.717) is 60.4 Å². The number of hydrogen-bond acceptors (Lipinski definition) is 7. The first-order chi connectivity index (χ1) is 17.5. The fourth-order valence-corrected chi connectivity index (χ4v) is 4.88. The minimum Gasteiger partial charge on any atom is -0.507 e. The Hall–Kier alpha value is -4.46. The van der Waals surface area contributed by atoms with Crippen LogP contribution in [0.5, 0.6) is 17.2 Å². The number of anilines is 2. The number of aliphatic hydroxyl groups excluding tert-OH is 1. The molecule has 1 atom stereocenters. The Kier molecular flexibility index (Phi) is 5.29. The molecule has 1 saturated heterocycles. The van der Waals surface area contributed by atoms with Crippen LogP contribution in [-0.4, -0.2) is 50.2 Å². The fraction of sp³-hybridized carbons (Fsp3) is 0.214. The van der Waals surface area contributed by atoms with Crippen molar-refractivity contribution in [1.82, 2.24) is 0 Å². The van der Waals surface area contributed by atoms with Gasteiger partial charge in [0, 0.05) is 24.4 Å². The summed E-state index contributed by atoms with van der Waals surface area (Å²) in [6, 6.07) is 18.8. The van der Waals surface area contributed by atoms with Gasteiger partial charge in [0.05, 0.1) is 23.8 Å². The van der Waals surface area contributed by atoms with Gasteiger partial charge in [0.15, 0.2) is 11.5 Å². The van der Waals surface area contributed by atoms with Crippen LogP contribution in [0.25, 0.3) is 5.76 Å². The molecule has 182 valence electrons. The summed E-state index contributed by atoms with van der Waals surface area (Å²) in [6.07, 6.45) is 0. The van der Waals surface area contributed by atoms with E-state index in [-0.39, 0.29) is 11.3 Å². The molecule has 0 saturated carbocycles. The number of ketones is 1. The molecule has 0 aromatic heterocycles. The number of ether oxygens (including phenoxy) is 3. The third-order valence-electron chi connectivity index (χ3n) is 6.69. The monoisotopic (exact) mass is 484 g/mol. The third-order valence-corrected chi connectivity index (χ3v) is 6.69. The van der Waals surface area contributed by atoms with E-state index in [0.717, 1.165) is 5.69 Å². The van der Waals surface area contributed by atoms with Crippen LogP contribution in [0.2, 0.25) is 0 Å². The summed E-state index contributed by atoms with van der Waals surface area (Å²) in [5, 5.41) is 11.5. The molecule has 3 aromatic rings. The van der Waals surface area contributed by atoms with E-state index >= 15 is 0 Å². The topological polar surface area (TPSA) is 88.5 Å². The minimum absolute atomic E-state index is 0.0282. The molecule has 1 N–H and O–H groups in total. The van der Waals surface area contributed by atoms with Crippen LogP contribution in [0.15, 0.2) is 72.3 Å². The van der Waals surface area contributed by atoms with Crippen molar-refractivity contribution < 1.29 is 28.9 Å². The van der Waals surface area contributed by atoms with Gasteiger partial charge in [0.1, 0.15) is 31.3 Å². The molecule has 6 rings (SSSR count). The second kappa shape index (κ2) is 8.64. The third kappa shape index (κ3) is 3.53. The summed E-state index contributed by atoms with van der Waals surface area (Å²) in [7, 11) is 1.94. The highest BCUT2D eigenvalue weighted by atomic mass is 16.6. The molecule has 1 fully saturated rings. The summed E-state index contributed by atoms with van der Waals surface area (Å²) in [6.45, 7) is 2.12. The SMILES string of the molecule is CN1CCOc2ccc(/C(O)=C3/C(=O)C(=O)N(c4ccc5c(c4)OCCO5)C3c3ccccc3)cc21. The lowest BCUT2D eigenvalue weighted by Crippen LogP contribution is -2.29. The second-order valence-corrected chi connectivity index (χ2v) is 8.86. The van der Waals surface area contributed by atoms with Crippen molar-refractivity contribution in [3.63, 3.8) is 0 Å². The van der Waals surface area contributed by atoms with Gasteiger partial charge in [-0.15, -0.1) is 0 Å². The zero-order chi connectivity index (χ0) is 24.8. The molecule has 3 aliphatic heterocycles. The van der Waals surface area contributed by atoms with E-state index in [1.807, 2.05) is 42.3 Å². The van der Waals surface area contributed by atoms with Crippen molar-refractivity contribution in [2.45, 2.75) is 6.04 Å². The fourth-order valence-electron chi connectivity index (χ4n) is 4.88. The molecule has 0 radical (unpaired) electrons. The Morgan fingerprint density at radius 1 is 0.861 bits per heavy atom. The Balaban J connectivity index is 1.51. The standard InChI is InChI=1S/C28H24N2O6/c1-29-11-12-34-21-9-7-18(15-20(21)29)26(31)24-25(17-5-3-2-4-6-17)30(28(33)27(24)32)19-8-10-22-23(16-19)36-14-13-35-22/h2-10,15-16,25,31H,11-14H2,1H3/b26-24-. The van der Waals surface area contributed by atoms with Crippen LogP contribution in [-0.2, 0) is 9.59 Å². The maximum absolute atomic E-state index is 13.4. The lowest BCUT2D eigenvalue weighted by atomic mass is 9.95. The molecule has 3 aliphatic rings. The molecule has 3 aromatic carbocycles. The molecule has 3 heterocycles. The van der Waals surface area contributed by atoms with E-state index in [4.69, 9.17) is 14.2 Å². The Bertz CT molecular complexity index is 1400. The Morgan fingerprint density at radius 2 is 1.58 bits per heavy atom. The van der Waals surface area contributed by atoms with E-state index < -0.39 is 17.7 Å². The van der Waals surface area contributed by atoms with Crippen molar-refractivity contribution in [3.05, 3.63) is 83.4 Å².